The molecule has 0 atom stereocenters. The summed E-state index contributed by atoms with van der Waals surface area (Å²) in [6.45, 7) is 7.89. The molecule has 2 heterocycles. The minimum Gasteiger partial charge on any atom is -0.493 e. The number of ether oxygens (including phenoxy) is 2. The molecular weight excluding hydrogens is 392 g/mol. The number of hydrogen-bond donors (Lipinski definition) is 2. The zero-order chi connectivity index (χ0) is 21.8. The second-order valence-electron chi connectivity index (χ2n) is 8.63. The number of nitrogens with one attached hydrogen (secondary N) is 1. The van der Waals surface area contributed by atoms with Crippen LogP contribution >= 0.6 is 0 Å². The van der Waals surface area contributed by atoms with Crippen molar-refractivity contribution in [3.05, 3.63) is 42.0 Å². The zero-order valence-corrected chi connectivity index (χ0v) is 18.6. The van der Waals surface area contributed by atoms with Crippen LogP contribution in [0.25, 0.3) is 11.1 Å². The number of fused-ring (bicyclic) bond motifs is 1. The molecule has 7 heteroatoms. The summed E-state index contributed by atoms with van der Waals surface area (Å²) in [6.07, 6.45) is 2.07. The lowest BCUT2D eigenvalue weighted by Gasteiger charge is -2.32. The van der Waals surface area contributed by atoms with E-state index >= 15 is 0 Å². The first-order valence-electron chi connectivity index (χ1n) is 10.9. The molecule has 0 radical (unpaired) electrons. The van der Waals surface area contributed by atoms with Crippen LogP contribution in [0.5, 0.6) is 11.5 Å². The van der Waals surface area contributed by atoms with Gasteiger partial charge in [0.1, 0.15) is 5.52 Å². The van der Waals surface area contributed by atoms with Gasteiger partial charge < -0.3 is 24.9 Å². The molecule has 0 bridgehead atoms. The van der Waals surface area contributed by atoms with Crippen LogP contribution in [0.2, 0.25) is 0 Å². The van der Waals surface area contributed by atoms with Crippen molar-refractivity contribution < 1.29 is 13.9 Å². The van der Waals surface area contributed by atoms with Crippen molar-refractivity contribution in [2.24, 2.45) is 5.92 Å². The number of likely N-dealkylation sites (tertiary alicyclic amines) is 1. The molecule has 166 valence electrons. The Labute approximate surface area is 183 Å². The van der Waals surface area contributed by atoms with Crippen LogP contribution in [-0.4, -0.2) is 42.7 Å². The van der Waals surface area contributed by atoms with Gasteiger partial charge in [-0.05, 0) is 54.7 Å². The van der Waals surface area contributed by atoms with Gasteiger partial charge in [-0.3, -0.25) is 4.90 Å². The fraction of sp³-hybridized carbons (Fsp3) is 0.458. The standard InChI is InChI=1S/C24H32N4O3/c1-16(2)15-30-23-12-17(4-6-22(23)29-3)14-28-10-8-19(9-11-28)26-24-27-20-13-18(25)5-7-21(20)31-24/h4-7,12-13,16,19H,8-11,14-15,25H2,1-3H3,(H,26,27). The van der Waals surface area contributed by atoms with Crippen LogP contribution in [0.4, 0.5) is 11.7 Å². The van der Waals surface area contributed by atoms with E-state index in [0.29, 0.717) is 30.3 Å². The monoisotopic (exact) mass is 424 g/mol. The van der Waals surface area contributed by atoms with Crippen molar-refractivity contribution in [1.82, 2.24) is 9.88 Å². The van der Waals surface area contributed by atoms with Gasteiger partial charge in [0.2, 0.25) is 0 Å². The molecule has 3 N–H and O–H groups in total. The molecule has 31 heavy (non-hydrogen) atoms. The lowest BCUT2D eigenvalue weighted by molar-refractivity contribution is 0.209. The number of rotatable bonds is 8. The predicted molar refractivity (Wildman–Crippen MR) is 124 cm³/mol. The summed E-state index contributed by atoms with van der Waals surface area (Å²) in [5.41, 5.74) is 9.30. The topological polar surface area (TPSA) is 85.8 Å². The molecule has 2 aromatic carbocycles. The zero-order valence-electron chi connectivity index (χ0n) is 18.6. The number of piperidine rings is 1. The molecule has 0 spiro atoms. The summed E-state index contributed by atoms with van der Waals surface area (Å²) >= 11 is 0. The van der Waals surface area contributed by atoms with E-state index in [1.54, 1.807) is 7.11 Å². The van der Waals surface area contributed by atoms with Gasteiger partial charge in [0.15, 0.2) is 17.1 Å². The van der Waals surface area contributed by atoms with E-state index in [4.69, 9.17) is 19.6 Å². The third-order valence-electron chi connectivity index (χ3n) is 5.53. The van der Waals surface area contributed by atoms with E-state index < -0.39 is 0 Å². The Bertz CT molecular complexity index is 1010. The van der Waals surface area contributed by atoms with E-state index in [-0.39, 0.29) is 0 Å². The first-order valence-corrected chi connectivity index (χ1v) is 10.9. The third-order valence-corrected chi connectivity index (χ3v) is 5.53. The first-order chi connectivity index (χ1) is 15.0. The number of hydrogen-bond acceptors (Lipinski definition) is 7. The average molecular weight is 425 g/mol. The van der Waals surface area contributed by atoms with Gasteiger partial charge in [-0.2, -0.15) is 4.98 Å². The van der Waals surface area contributed by atoms with Crippen LogP contribution in [0, 0.1) is 5.92 Å². The molecule has 0 aliphatic carbocycles. The van der Waals surface area contributed by atoms with E-state index in [1.807, 2.05) is 24.3 Å². The van der Waals surface area contributed by atoms with Gasteiger partial charge in [0.05, 0.1) is 13.7 Å². The fourth-order valence-corrected chi connectivity index (χ4v) is 3.86. The number of nitrogens with zero attached hydrogens (tertiary/aromatic N) is 2. The van der Waals surface area contributed by atoms with Crippen molar-refractivity contribution in [1.29, 1.82) is 0 Å². The van der Waals surface area contributed by atoms with Gasteiger partial charge in [-0.1, -0.05) is 19.9 Å². The largest absolute Gasteiger partial charge is 0.493 e. The molecule has 7 nitrogen and oxygen atoms in total. The molecule has 1 fully saturated rings. The number of methoxy groups -OCH3 is 1. The minimum absolute atomic E-state index is 0.350. The Balaban J connectivity index is 1.31. The van der Waals surface area contributed by atoms with Crippen molar-refractivity contribution in [3.63, 3.8) is 0 Å². The maximum Gasteiger partial charge on any atom is 0.295 e. The third kappa shape index (κ3) is 5.41. The Kier molecular flexibility index (Phi) is 6.51. The van der Waals surface area contributed by atoms with E-state index in [2.05, 4.69) is 41.2 Å². The summed E-state index contributed by atoms with van der Waals surface area (Å²) in [5, 5.41) is 3.44. The number of anilines is 2. The summed E-state index contributed by atoms with van der Waals surface area (Å²) < 4.78 is 17.2. The molecule has 0 saturated carbocycles. The molecule has 1 aliphatic heterocycles. The molecule has 1 aromatic heterocycles. The lowest BCUT2D eigenvalue weighted by Crippen LogP contribution is -2.38. The molecular formula is C24H32N4O3. The normalized spacial score (nSPS) is 15.5. The maximum absolute atomic E-state index is 5.96. The smallest absolute Gasteiger partial charge is 0.295 e. The van der Waals surface area contributed by atoms with Gasteiger partial charge in [0, 0.05) is 31.4 Å². The highest BCUT2D eigenvalue weighted by atomic mass is 16.5. The fourth-order valence-electron chi connectivity index (χ4n) is 3.86. The number of nitrogens with two attached hydrogens (primary N) is 1. The average Bonchev–Trinajstić information content (AvgIpc) is 3.15. The van der Waals surface area contributed by atoms with Gasteiger partial charge in [0.25, 0.3) is 6.01 Å². The molecule has 1 aliphatic rings. The SMILES string of the molecule is COc1ccc(CN2CCC(Nc3nc4cc(N)ccc4o3)CC2)cc1OCC(C)C. The summed E-state index contributed by atoms with van der Waals surface area (Å²) in [7, 11) is 1.68. The second-order valence-corrected chi connectivity index (χ2v) is 8.63. The number of benzene rings is 2. The van der Waals surface area contributed by atoms with Crippen LogP contribution in [0.1, 0.15) is 32.3 Å². The molecule has 0 unspecified atom stereocenters. The summed E-state index contributed by atoms with van der Waals surface area (Å²) in [4.78, 5) is 6.98. The molecule has 1 saturated heterocycles. The highest BCUT2D eigenvalue weighted by Crippen LogP contribution is 2.30. The van der Waals surface area contributed by atoms with Crippen LogP contribution in [-0.2, 0) is 6.54 Å². The number of oxazole rings is 1. The van der Waals surface area contributed by atoms with E-state index in [0.717, 1.165) is 55.1 Å². The predicted octanol–water partition coefficient (Wildman–Crippen LogP) is 4.53. The van der Waals surface area contributed by atoms with Crippen LogP contribution in [0.3, 0.4) is 0 Å². The van der Waals surface area contributed by atoms with E-state index in [1.165, 1.54) is 5.56 Å². The Hall–Kier alpha value is -2.93. The highest BCUT2D eigenvalue weighted by Gasteiger charge is 2.21. The lowest BCUT2D eigenvalue weighted by atomic mass is 10.0. The van der Waals surface area contributed by atoms with E-state index in [9.17, 15) is 0 Å². The quantitative estimate of drug-likeness (QED) is 0.514. The second kappa shape index (κ2) is 9.47. The van der Waals surface area contributed by atoms with Crippen LogP contribution in [0.15, 0.2) is 40.8 Å². The van der Waals surface area contributed by atoms with Crippen molar-refractivity contribution in [2.45, 2.75) is 39.3 Å². The Morgan fingerprint density at radius 1 is 1.16 bits per heavy atom. The molecule has 4 rings (SSSR count). The number of aromatic nitrogens is 1. The molecule has 3 aromatic rings. The minimum atomic E-state index is 0.350. The Morgan fingerprint density at radius 3 is 2.71 bits per heavy atom. The Morgan fingerprint density at radius 2 is 1.97 bits per heavy atom. The number of nitrogen functional groups attached to an aromatic ring is 1. The van der Waals surface area contributed by atoms with Crippen molar-refractivity contribution >= 4 is 22.8 Å². The van der Waals surface area contributed by atoms with Crippen molar-refractivity contribution in [3.8, 4) is 11.5 Å². The highest BCUT2D eigenvalue weighted by molar-refractivity contribution is 5.78. The van der Waals surface area contributed by atoms with Gasteiger partial charge in [-0.15, -0.1) is 0 Å². The summed E-state index contributed by atoms with van der Waals surface area (Å²) in [6, 6.07) is 12.7. The first kappa shape index (κ1) is 21.3. The van der Waals surface area contributed by atoms with Crippen molar-refractivity contribution in [2.75, 3.05) is 37.9 Å². The molecule has 0 amide bonds. The van der Waals surface area contributed by atoms with Gasteiger partial charge in [-0.25, -0.2) is 0 Å². The summed E-state index contributed by atoms with van der Waals surface area (Å²) in [5.74, 6) is 2.08. The van der Waals surface area contributed by atoms with Gasteiger partial charge >= 0.3 is 0 Å². The maximum atomic E-state index is 5.96. The van der Waals surface area contributed by atoms with Crippen LogP contribution < -0.4 is 20.5 Å².